The minimum absolute atomic E-state index is 0.0328. The van der Waals surface area contributed by atoms with Crippen molar-refractivity contribution >= 4 is 12.6 Å². The summed E-state index contributed by atoms with van der Waals surface area (Å²) in [6.45, 7) is 9.22. The molecule has 0 radical (unpaired) electrons. The molecule has 0 aliphatic carbocycles. The van der Waals surface area contributed by atoms with E-state index in [4.69, 9.17) is 14.0 Å². The van der Waals surface area contributed by atoms with E-state index in [2.05, 4.69) is 0 Å². The number of hydrogen-bond acceptors (Lipinski definition) is 3. The van der Waals surface area contributed by atoms with E-state index in [1.54, 1.807) is 34.6 Å². The molecule has 0 N–H and O–H groups in total. The standard InChI is InChI=1S/C15H20BF3O3/c1-6-20-10-7-8-12(11(9-10)15(17,18)19)16-21-13(2,3)14(4,5)22-16/h7-9H,6H2,1-5H3. The second kappa shape index (κ2) is 5.46. The third-order valence-electron chi connectivity index (χ3n) is 4.15. The number of benzene rings is 1. The molecule has 1 aliphatic rings. The monoisotopic (exact) mass is 316 g/mol. The van der Waals surface area contributed by atoms with Gasteiger partial charge >= 0.3 is 13.3 Å². The highest BCUT2D eigenvalue weighted by atomic mass is 19.4. The minimum Gasteiger partial charge on any atom is -0.494 e. The van der Waals surface area contributed by atoms with Crippen LogP contribution in [0.4, 0.5) is 13.2 Å². The lowest BCUT2D eigenvalue weighted by molar-refractivity contribution is -0.137. The number of halogens is 3. The first-order valence-corrected chi connectivity index (χ1v) is 7.17. The molecule has 22 heavy (non-hydrogen) atoms. The van der Waals surface area contributed by atoms with Crippen LogP contribution < -0.4 is 10.2 Å². The summed E-state index contributed by atoms with van der Waals surface area (Å²) in [7, 11) is -1.06. The van der Waals surface area contributed by atoms with E-state index in [1.807, 2.05) is 0 Å². The van der Waals surface area contributed by atoms with Crippen LogP contribution in [0.5, 0.6) is 5.75 Å². The van der Waals surface area contributed by atoms with Gasteiger partial charge in [-0.2, -0.15) is 13.2 Å². The quantitative estimate of drug-likeness (QED) is 0.800. The van der Waals surface area contributed by atoms with Gasteiger partial charge in [-0.05, 0) is 52.2 Å². The molecule has 1 aromatic carbocycles. The maximum Gasteiger partial charge on any atom is 0.495 e. The Morgan fingerprint density at radius 3 is 2.09 bits per heavy atom. The van der Waals surface area contributed by atoms with Crippen LogP contribution in [0.1, 0.15) is 40.2 Å². The summed E-state index contributed by atoms with van der Waals surface area (Å²) in [4.78, 5) is 0. The van der Waals surface area contributed by atoms with E-state index in [1.165, 1.54) is 12.1 Å². The zero-order valence-corrected chi connectivity index (χ0v) is 13.4. The van der Waals surface area contributed by atoms with E-state index in [0.29, 0.717) is 6.61 Å². The Bertz CT molecular complexity index is 539. The van der Waals surface area contributed by atoms with Crippen molar-refractivity contribution < 1.29 is 27.2 Å². The first-order valence-electron chi connectivity index (χ1n) is 7.17. The van der Waals surface area contributed by atoms with Gasteiger partial charge in [0, 0.05) is 0 Å². The summed E-state index contributed by atoms with van der Waals surface area (Å²) < 4.78 is 56.6. The minimum atomic E-state index is -4.51. The van der Waals surface area contributed by atoms with E-state index in [-0.39, 0.29) is 11.2 Å². The topological polar surface area (TPSA) is 27.7 Å². The van der Waals surface area contributed by atoms with E-state index < -0.39 is 30.1 Å². The van der Waals surface area contributed by atoms with Crippen LogP contribution in [0.15, 0.2) is 18.2 Å². The summed E-state index contributed by atoms with van der Waals surface area (Å²) in [6.07, 6.45) is -4.51. The van der Waals surface area contributed by atoms with Gasteiger partial charge in [0.05, 0.1) is 23.4 Å². The molecule has 7 heteroatoms. The third kappa shape index (κ3) is 3.10. The molecule has 0 aromatic heterocycles. The third-order valence-corrected chi connectivity index (χ3v) is 4.15. The van der Waals surface area contributed by atoms with Gasteiger partial charge in [0.25, 0.3) is 0 Å². The average molecular weight is 316 g/mol. The first kappa shape index (κ1) is 17.2. The molecular formula is C15H20BF3O3. The zero-order chi connectivity index (χ0) is 16.8. The van der Waals surface area contributed by atoms with Crippen LogP contribution in [0, 0.1) is 0 Å². The lowest BCUT2D eigenvalue weighted by Crippen LogP contribution is -2.41. The van der Waals surface area contributed by atoms with Crippen molar-refractivity contribution in [1.82, 2.24) is 0 Å². The van der Waals surface area contributed by atoms with Crippen LogP contribution in [0.3, 0.4) is 0 Å². The Kier molecular flexibility index (Phi) is 4.26. The molecule has 1 aromatic rings. The fourth-order valence-corrected chi connectivity index (χ4v) is 2.21. The van der Waals surface area contributed by atoms with Crippen LogP contribution in [-0.4, -0.2) is 24.9 Å². The lowest BCUT2D eigenvalue weighted by atomic mass is 9.75. The highest BCUT2D eigenvalue weighted by molar-refractivity contribution is 6.62. The van der Waals surface area contributed by atoms with Crippen molar-refractivity contribution in [2.45, 2.75) is 52.0 Å². The number of hydrogen-bond donors (Lipinski definition) is 0. The van der Waals surface area contributed by atoms with E-state index >= 15 is 0 Å². The van der Waals surface area contributed by atoms with Crippen molar-refractivity contribution in [3.05, 3.63) is 23.8 Å². The smallest absolute Gasteiger partial charge is 0.494 e. The van der Waals surface area contributed by atoms with Crippen molar-refractivity contribution in [2.75, 3.05) is 6.61 Å². The van der Waals surface area contributed by atoms with Gasteiger partial charge in [-0.25, -0.2) is 0 Å². The zero-order valence-electron chi connectivity index (χ0n) is 13.4. The second-order valence-corrected chi connectivity index (χ2v) is 6.27. The molecule has 3 nitrogen and oxygen atoms in total. The Morgan fingerprint density at radius 2 is 1.64 bits per heavy atom. The maximum atomic E-state index is 13.3. The summed E-state index contributed by atoms with van der Waals surface area (Å²) in [5.41, 5.74) is -2.22. The van der Waals surface area contributed by atoms with Gasteiger partial charge in [0.2, 0.25) is 0 Å². The number of alkyl halides is 3. The summed E-state index contributed by atoms with van der Waals surface area (Å²) >= 11 is 0. The molecule has 0 spiro atoms. The van der Waals surface area contributed by atoms with Crippen molar-refractivity contribution in [1.29, 1.82) is 0 Å². The Labute approximate surface area is 128 Å². The van der Waals surface area contributed by atoms with Gasteiger partial charge in [0.1, 0.15) is 5.75 Å². The van der Waals surface area contributed by atoms with Gasteiger partial charge in [-0.15, -0.1) is 0 Å². The molecule has 0 atom stereocenters. The number of ether oxygens (including phenoxy) is 1. The van der Waals surface area contributed by atoms with Crippen LogP contribution >= 0.6 is 0 Å². The average Bonchev–Trinajstić information content (AvgIpc) is 2.57. The van der Waals surface area contributed by atoms with Crippen LogP contribution in [-0.2, 0) is 15.5 Å². The fraction of sp³-hybridized carbons (Fsp3) is 0.600. The van der Waals surface area contributed by atoms with Crippen LogP contribution in [0.2, 0.25) is 0 Å². The molecule has 122 valence electrons. The predicted octanol–water partition coefficient (Wildman–Crippen LogP) is 3.40. The van der Waals surface area contributed by atoms with Crippen molar-refractivity contribution in [3.63, 3.8) is 0 Å². The van der Waals surface area contributed by atoms with E-state index in [0.717, 1.165) is 6.07 Å². The Morgan fingerprint density at radius 1 is 1.09 bits per heavy atom. The molecule has 0 amide bonds. The molecule has 1 saturated heterocycles. The highest BCUT2D eigenvalue weighted by Gasteiger charge is 2.53. The first-order chi connectivity index (χ1) is 9.98. The lowest BCUT2D eigenvalue weighted by Gasteiger charge is -2.32. The summed E-state index contributed by atoms with van der Waals surface area (Å²) in [5, 5.41) is 0. The van der Waals surface area contributed by atoms with Crippen LogP contribution in [0.25, 0.3) is 0 Å². The Hall–Kier alpha value is -1.21. The maximum absolute atomic E-state index is 13.3. The van der Waals surface area contributed by atoms with Gasteiger partial charge in [-0.1, -0.05) is 6.07 Å². The molecule has 0 saturated carbocycles. The SMILES string of the molecule is CCOc1ccc(B2OC(C)(C)C(C)(C)O2)c(C(F)(F)F)c1. The molecule has 1 aliphatic heterocycles. The van der Waals surface area contributed by atoms with E-state index in [9.17, 15) is 13.2 Å². The molecule has 2 rings (SSSR count). The molecule has 0 unspecified atom stereocenters. The van der Waals surface area contributed by atoms with Crippen molar-refractivity contribution in [3.8, 4) is 5.75 Å². The molecule has 1 heterocycles. The largest absolute Gasteiger partial charge is 0.495 e. The molecule has 1 fully saturated rings. The summed E-state index contributed by atoms with van der Waals surface area (Å²) in [5.74, 6) is 0.176. The summed E-state index contributed by atoms with van der Waals surface area (Å²) in [6, 6.07) is 3.85. The number of rotatable bonds is 3. The van der Waals surface area contributed by atoms with Gasteiger partial charge < -0.3 is 14.0 Å². The highest BCUT2D eigenvalue weighted by Crippen LogP contribution is 2.38. The second-order valence-electron chi connectivity index (χ2n) is 6.27. The van der Waals surface area contributed by atoms with Crippen molar-refractivity contribution in [2.24, 2.45) is 0 Å². The normalized spacial score (nSPS) is 20.3. The van der Waals surface area contributed by atoms with Gasteiger partial charge in [0.15, 0.2) is 0 Å². The molecule has 0 bridgehead atoms. The predicted molar refractivity (Wildman–Crippen MR) is 78.3 cm³/mol. The Balaban J connectivity index is 2.44. The fourth-order valence-electron chi connectivity index (χ4n) is 2.21. The van der Waals surface area contributed by atoms with Gasteiger partial charge in [-0.3, -0.25) is 0 Å². The molecular weight excluding hydrogens is 296 g/mol.